The van der Waals surface area contributed by atoms with Crippen LogP contribution in [-0.4, -0.2) is 20.9 Å². The Labute approximate surface area is 153 Å². The van der Waals surface area contributed by atoms with Crippen LogP contribution in [0.15, 0.2) is 41.3 Å². The van der Waals surface area contributed by atoms with Crippen LogP contribution in [0.1, 0.15) is 23.6 Å². The number of nitrogens with one attached hydrogen (secondary N) is 2. The zero-order chi connectivity index (χ0) is 18.6. The lowest BCUT2D eigenvalue weighted by Gasteiger charge is -2.13. The predicted octanol–water partition coefficient (Wildman–Crippen LogP) is 3.44. The van der Waals surface area contributed by atoms with Crippen LogP contribution in [-0.2, 0) is 21.2 Å². The Bertz CT molecular complexity index is 895. The molecule has 0 aliphatic heterocycles. The minimum absolute atomic E-state index is 0.0762. The van der Waals surface area contributed by atoms with Crippen LogP contribution < -0.4 is 10.0 Å². The Morgan fingerprint density at radius 2 is 1.84 bits per heavy atom. The third-order valence-corrected chi connectivity index (χ3v) is 5.69. The molecule has 2 N–H and O–H groups in total. The highest BCUT2D eigenvalue weighted by Crippen LogP contribution is 2.21. The van der Waals surface area contributed by atoms with E-state index in [0.29, 0.717) is 10.6 Å². The molecule has 7 heteroatoms. The Balaban J connectivity index is 2.08. The Hall–Kier alpha value is -1.89. The fourth-order valence-corrected chi connectivity index (χ4v) is 3.60. The SMILES string of the molecule is CCc1cccc(C)c1NC(=O)CNS(=O)(=O)c1ccc(Cl)c(C)c1. The second-order valence-electron chi connectivity index (χ2n) is 5.75. The smallest absolute Gasteiger partial charge is 0.241 e. The highest BCUT2D eigenvalue weighted by Gasteiger charge is 2.17. The van der Waals surface area contributed by atoms with Gasteiger partial charge in [-0.15, -0.1) is 0 Å². The average molecular weight is 381 g/mol. The van der Waals surface area contributed by atoms with Crippen molar-refractivity contribution in [2.75, 3.05) is 11.9 Å². The number of amides is 1. The predicted molar refractivity (Wildman–Crippen MR) is 101 cm³/mol. The van der Waals surface area contributed by atoms with Gasteiger partial charge in [0.05, 0.1) is 11.4 Å². The first-order chi connectivity index (χ1) is 11.7. The van der Waals surface area contributed by atoms with Gasteiger partial charge in [-0.05, 0) is 55.2 Å². The van der Waals surface area contributed by atoms with Crippen LogP contribution in [0.2, 0.25) is 5.02 Å². The van der Waals surface area contributed by atoms with Crippen molar-refractivity contribution in [1.82, 2.24) is 4.72 Å². The van der Waals surface area contributed by atoms with Crippen molar-refractivity contribution in [2.24, 2.45) is 0 Å². The molecule has 0 spiro atoms. The van der Waals surface area contributed by atoms with E-state index in [2.05, 4.69) is 10.0 Å². The maximum Gasteiger partial charge on any atom is 0.241 e. The molecule has 0 aliphatic carbocycles. The summed E-state index contributed by atoms with van der Waals surface area (Å²) in [6, 6.07) is 10.2. The van der Waals surface area contributed by atoms with Gasteiger partial charge in [-0.1, -0.05) is 36.7 Å². The summed E-state index contributed by atoms with van der Waals surface area (Å²) < 4.78 is 26.9. The molecule has 0 saturated heterocycles. The van der Waals surface area contributed by atoms with E-state index in [9.17, 15) is 13.2 Å². The molecule has 0 bridgehead atoms. The standard InChI is InChI=1S/C18H21ClN2O3S/c1-4-14-7-5-6-12(2)18(14)21-17(22)11-20-25(23,24)15-8-9-16(19)13(3)10-15/h5-10,20H,4,11H2,1-3H3,(H,21,22). The lowest BCUT2D eigenvalue weighted by molar-refractivity contribution is -0.115. The van der Waals surface area contributed by atoms with Gasteiger partial charge in [-0.25, -0.2) is 13.1 Å². The number of carbonyl (C=O) groups excluding carboxylic acids is 1. The minimum atomic E-state index is -3.78. The number of benzene rings is 2. The second-order valence-corrected chi connectivity index (χ2v) is 7.92. The molecule has 0 radical (unpaired) electrons. The third-order valence-electron chi connectivity index (χ3n) is 3.87. The zero-order valence-corrected chi connectivity index (χ0v) is 16.0. The maximum atomic E-state index is 12.3. The van der Waals surface area contributed by atoms with Gasteiger partial charge in [0, 0.05) is 10.7 Å². The van der Waals surface area contributed by atoms with E-state index in [-0.39, 0.29) is 11.4 Å². The Morgan fingerprint density at radius 3 is 2.48 bits per heavy atom. The fourth-order valence-electron chi connectivity index (χ4n) is 2.41. The summed E-state index contributed by atoms with van der Waals surface area (Å²) in [5.41, 5.74) is 3.33. The molecule has 2 aromatic rings. The molecule has 5 nitrogen and oxygen atoms in total. The van der Waals surface area contributed by atoms with Gasteiger partial charge in [0.15, 0.2) is 0 Å². The summed E-state index contributed by atoms with van der Waals surface area (Å²) in [5, 5.41) is 3.28. The minimum Gasteiger partial charge on any atom is -0.324 e. The fraction of sp³-hybridized carbons (Fsp3) is 0.278. The molecule has 0 saturated carbocycles. The summed E-state index contributed by atoms with van der Waals surface area (Å²) in [6.07, 6.45) is 0.771. The lowest BCUT2D eigenvalue weighted by atomic mass is 10.1. The second kappa shape index (κ2) is 7.99. The number of rotatable bonds is 6. The maximum absolute atomic E-state index is 12.3. The van der Waals surface area contributed by atoms with Gasteiger partial charge in [-0.3, -0.25) is 4.79 Å². The highest BCUT2D eigenvalue weighted by molar-refractivity contribution is 7.89. The van der Waals surface area contributed by atoms with Crippen LogP contribution in [0, 0.1) is 13.8 Å². The van der Waals surface area contributed by atoms with E-state index in [1.54, 1.807) is 6.92 Å². The normalized spacial score (nSPS) is 11.4. The number of hydrogen-bond acceptors (Lipinski definition) is 3. The van der Waals surface area contributed by atoms with Gasteiger partial charge >= 0.3 is 0 Å². The summed E-state index contributed by atoms with van der Waals surface area (Å²) in [7, 11) is -3.78. The van der Waals surface area contributed by atoms with Crippen molar-refractivity contribution >= 4 is 33.2 Å². The largest absolute Gasteiger partial charge is 0.324 e. The van der Waals surface area contributed by atoms with Gasteiger partial charge in [0.25, 0.3) is 0 Å². The van der Waals surface area contributed by atoms with Crippen molar-refractivity contribution in [3.8, 4) is 0 Å². The van der Waals surface area contributed by atoms with Crippen LogP contribution >= 0.6 is 11.6 Å². The lowest BCUT2D eigenvalue weighted by Crippen LogP contribution is -2.33. The third kappa shape index (κ3) is 4.81. The molecule has 0 heterocycles. The van der Waals surface area contributed by atoms with Crippen molar-refractivity contribution in [1.29, 1.82) is 0 Å². The van der Waals surface area contributed by atoms with E-state index < -0.39 is 15.9 Å². The topological polar surface area (TPSA) is 75.3 Å². The Kier molecular flexibility index (Phi) is 6.21. The van der Waals surface area contributed by atoms with Crippen molar-refractivity contribution in [2.45, 2.75) is 32.1 Å². The highest BCUT2D eigenvalue weighted by atomic mass is 35.5. The van der Waals surface area contributed by atoms with E-state index in [1.807, 2.05) is 32.0 Å². The first-order valence-corrected chi connectivity index (χ1v) is 9.75. The van der Waals surface area contributed by atoms with Gasteiger partial charge in [0.2, 0.25) is 15.9 Å². The number of sulfonamides is 1. The van der Waals surface area contributed by atoms with Crippen molar-refractivity contribution in [3.63, 3.8) is 0 Å². The summed E-state index contributed by atoms with van der Waals surface area (Å²) >= 11 is 5.91. The number of halogens is 1. The average Bonchev–Trinajstić information content (AvgIpc) is 2.57. The van der Waals surface area contributed by atoms with E-state index in [1.165, 1.54) is 18.2 Å². The van der Waals surface area contributed by atoms with Crippen LogP contribution in [0.5, 0.6) is 0 Å². The van der Waals surface area contributed by atoms with E-state index in [0.717, 1.165) is 23.2 Å². The number of para-hydroxylation sites is 1. The quantitative estimate of drug-likeness (QED) is 0.806. The zero-order valence-electron chi connectivity index (χ0n) is 14.4. The van der Waals surface area contributed by atoms with Gasteiger partial charge < -0.3 is 5.32 Å². The molecule has 2 rings (SSSR count). The summed E-state index contributed by atoms with van der Waals surface area (Å²) in [4.78, 5) is 12.2. The van der Waals surface area contributed by atoms with Crippen molar-refractivity contribution < 1.29 is 13.2 Å². The number of carbonyl (C=O) groups is 1. The van der Waals surface area contributed by atoms with Crippen molar-refractivity contribution in [3.05, 3.63) is 58.1 Å². The molecule has 0 fully saturated rings. The van der Waals surface area contributed by atoms with Crippen LogP contribution in [0.4, 0.5) is 5.69 Å². The molecule has 1 amide bonds. The first-order valence-electron chi connectivity index (χ1n) is 7.88. The summed E-state index contributed by atoms with van der Waals surface area (Å²) in [5.74, 6) is -0.418. The number of aryl methyl sites for hydroxylation is 3. The molecule has 0 unspecified atom stereocenters. The summed E-state index contributed by atoms with van der Waals surface area (Å²) in [6.45, 7) is 5.27. The van der Waals surface area contributed by atoms with Gasteiger partial charge in [-0.2, -0.15) is 0 Å². The molecule has 0 atom stereocenters. The Morgan fingerprint density at radius 1 is 1.12 bits per heavy atom. The van der Waals surface area contributed by atoms with E-state index >= 15 is 0 Å². The first kappa shape index (κ1) is 19.4. The van der Waals surface area contributed by atoms with Crippen LogP contribution in [0.25, 0.3) is 0 Å². The van der Waals surface area contributed by atoms with Crippen LogP contribution in [0.3, 0.4) is 0 Å². The molecule has 0 aromatic heterocycles. The molecular formula is C18H21ClN2O3S. The molecule has 25 heavy (non-hydrogen) atoms. The monoisotopic (exact) mass is 380 g/mol. The van der Waals surface area contributed by atoms with Gasteiger partial charge in [0.1, 0.15) is 0 Å². The molecular weight excluding hydrogens is 360 g/mol. The van der Waals surface area contributed by atoms with E-state index in [4.69, 9.17) is 11.6 Å². The number of anilines is 1. The molecule has 2 aromatic carbocycles. The molecule has 0 aliphatic rings. The molecule has 134 valence electrons. The number of hydrogen-bond donors (Lipinski definition) is 2.